The standard InChI is InChI=1S/C16H34N2O4Si/c1-9-13(23(20-10-2,21-11-3)22-12-4)18-14(19)15(5,6)17-16(18,7)8/h13,17H,9-12H2,1-8H3. The summed E-state index contributed by atoms with van der Waals surface area (Å²) in [6.07, 6.45) is 0.721. The molecule has 1 aliphatic rings. The van der Waals surface area contributed by atoms with E-state index in [9.17, 15) is 4.79 Å². The Morgan fingerprint density at radius 3 is 1.70 bits per heavy atom. The van der Waals surface area contributed by atoms with Crippen LogP contribution in [0.1, 0.15) is 61.8 Å². The summed E-state index contributed by atoms with van der Waals surface area (Å²) >= 11 is 0. The quantitative estimate of drug-likeness (QED) is 0.649. The first-order chi connectivity index (χ1) is 10.6. The molecule has 1 atom stereocenters. The Morgan fingerprint density at radius 1 is 1.00 bits per heavy atom. The van der Waals surface area contributed by atoms with Crippen molar-refractivity contribution in [3.8, 4) is 0 Å². The topological polar surface area (TPSA) is 60.0 Å². The van der Waals surface area contributed by atoms with E-state index < -0.39 is 20.0 Å². The fraction of sp³-hybridized carbons (Fsp3) is 0.938. The molecule has 1 rings (SSSR count). The molecule has 0 aromatic carbocycles. The van der Waals surface area contributed by atoms with Gasteiger partial charge < -0.3 is 18.2 Å². The summed E-state index contributed by atoms with van der Waals surface area (Å²) in [4.78, 5) is 14.9. The zero-order valence-corrected chi connectivity index (χ0v) is 17.0. The minimum absolute atomic E-state index is 0.0605. The minimum Gasteiger partial charge on any atom is -0.373 e. The molecule has 1 N–H and O–H groups in total. The average Bonchev–Trinajstić information content (AvgIpc) is 2.58. The summed E-state index contributed by atoms with van der Waals surface area (Å²) in [6, 6.07) is 0. The van der Waals surface area contributed by atoms with E-state index in [1.54, 1.807) is 0 Å². The van der Waals surface area contributed by atoms with E-state index in [2.05, 4.69) is 12.2 Å². The van der Waals surface area contributed by atoms with Gasteiger partial charge in [0, 0.05) is 19.8 Å². The van der Waals surface area contributed by atoms with Crippen molar-refractivity contribution in [1.82, 2.24) is 10.2 Å². The predicted octanol–water partition coefficient (Wildman–Crippen LogP) is 2.30. The van der Waals surface area contributed by atoms with Crippen LogP contribution >= 0.6 is 0 Å². The molecule has 23 heavy (non-hydrogen) atoms. The Labute approximate surface area is 142 Å². The number of amides is 1. The van der Waals surface area contributed by atoms with Crippen LogP contribution in [0.2, 0.25) is 0 Å². The van der Waals surface area contributed by atoms with Gasteiger partial charge in [-0.15, -0.1) is 0 Å². The Balaban J connectivity index is 3.33. The van der Waals surface area contributed by atoms with E-state index in [1.807, 2.05) is 53.4 Å². The van der Waals surface area contributed by atoms with Crippen LogP contribution in [-0.2, 0) is 18.1 Å². The molecule has 0 aliphatic carbocycles. The van der Waals surface area contributed by atoms with Gasteiger partial charge in [-0.05, 0) is 54.9 Å². The van der Waals surface area contributed by atoms with E-state index in [0.29, 0.717) is 19.8 Å². The maximum atomic E-state index is 13.0. The van der Waals surface area contributed by atoms with Crippen LogP contribution in [0, 0.1) is 0 Å². The molecule has 1 heterocycles. The Kier molecular flexibility index (Phi) is 6.81. The number of hydrogen-bond acceptors (Lipinski definition) is 5. The van der Waals surface area contributed by atoms with Gasteiger partial charge in [0.1, 0.15) is 5.67 Å². The molecule has 1 amide bonds. The molecule has 0 bridgehead atoms. The first kappa shape index (κ1) is 20.6. The summed E-state index contributed by atoms with van der Waals surface area (Å²) in [5.74, 6) is 0.0605. The van der Waals surface area contributed by atoms with Gasteiger partial charge in [0.2, 0.25) is 5.91 Å². The number of nitrogens with one attached hydrogen (secondary N) is 1. The lowest BCUT2D eigenvalue weighted by Crippen LogP contribution is -2.67. The number of rotatable bonds is 9. The zero-order chi connectivity index (χ0) is 17.9. The molecule has 1 fully saturated rings. The van der Waals surface area contributed by atoms with Crippen LogP contribution < -0.4 is 5.32 Å². The van der Waals surface area contributed by atoms with Gasteiger partial charge in [0.25, 0.3) is 0 Å². The number of nitrogens with zero attached hydrogens (tertiary/aromatic N) is 1. The Morgan fingerprint density at radius 2 is 1.43 bits per heavy atom. The van der Waals surface area contributed by atoms with Gasteiger partial charge >= 0.3 is 8.80 Å². The normalized spacial score (nSPS) is 21.7. The molecule has 0 radical (unpaired) electrons. The van der Waals surface area contributed by atoms with Crippen LogP contribution in [0.5, 0.6) is 0 Å². The van der Waals surface area contributed by atoms with Crippen molar-refractivity contribution >= 4 is 14.7 Å². The first-order valence-corrected chi connectivity index (χ1v) is 10.5. The Bertz CT molecular complexity index is 398. The van der Waals surface area contributed by atoms with Crippen LogP contribution in [0.25, 0.3) is 0 Å². The Hall–Kier alpha value is -0.473. The van der Waals surface area contributed by atoms with Gasteiger partial charge in [-0.1, -0.05) is 6.92 Å². The minimum atomic E-state index is -3.02. The van der Waals surface area contributed by atoms with Crippen LogP contribution in [0.15, 0.2) is 0 Å². The van der Waals surface area contributed by atoms with Crippen molar-refractivity contribution in [2.24, 2.45) is 0 Å². The number of carbonyl (C=O) groups is 1. The third-order valence-corrected chi connectivity index (χ3v) is 7.67. The second-order valence-electron chi connectivity index (χ2n) is 6.81. The van der Waals surface area contributed by atoms with Gasteiger partial charge in [-0.25, -0.2) is 0 Å². The molecule has 136 valence electrons. The maximum absolute atomic E-state index is 13.0. The van der Waals surface area contributed by atoms with E-state index >= 15 is 0 Å². The second kappa shape index (κ2) is 7.61. The summed E-state index contributed by atoms with van der Waals surface area (Å²) in [7, 11) is -3.02. The molecule has 0 saturated carbocycles. The van der Waals surface area contributed by atoms with E-state index in [4.69, 9.17) is 13.3 Å². The lowest BCUT2D eigenvalue weighted by molar-refractivity contribution is -0.136. The summed E-state index contributed by atoms with van der Waals surface area (Å²) < 4.78 is 18.2. The molecule has 6 nitrogen and oxygen atoms in total. The highest BCUT2D eigenvalue weighted by molar-refractivity contribution is 6.62. The number of carbonyl (C=O) groups excluding carboxylic acids is 1. The van der Waals surface area contributed by atoms with Gasteiger partial charge in [-0.2, -0.15) is 0 Å². The average molecular weight is 347 g/mol. The third kappa shape index (κ3) is 3.96. The lowest BCUT2D eigenvalue weighted by atomic mass is 10.1. The predicted molar refractivity (Wildman–Crippen MR) is 92.9 cm³/mol. The highest BCUT2D eigenvalue weighted by Crippen LogP contribution is 2.35. The number of hydrogen-bond donors (Lipinski definition) is 1. The smallest absolute Gasteiger partial charge is 0.373 e. The molecule has 1 saturated heterocycles. The van der Waals surface area contributed by atoms with Crippen molar-refractivity contribution < 1.29 is 18.1 Å². The van der Waals surface area contributed by atoms with Crippen molar-refractivity contribution in [2.75, 3.05) is 19.8 Å². The highest BCUT2D eigenvalue weighted by atomic mass is 28.4. The molecule has 1 unspecified atom stereocenters. The second-order valence-corrected chi connectivity index (χ2v) is 9.55. The van der Waals surface area contributed by atoms with Crippen molar-refractivity contribution in [2.45, 2.75) is 78.7 Å². The fourth-order valence-electron chi connectivity index (χ4n) is 3.57. The van der Waals surface area contributed by atoms with Crippen LogP contribution in [0.3, 0.4) is 0 Å². The molecule has 0 aromatic rings. The maximum Gasteiger partial charge on any atom is 0.524 e. The van der Waals surface area contributed by atoms with Crippen LogP contribution in [-0.4, -0.2) is 56.3 Å². The molecular formula is C16H34N2O4Si. The van der Waals surface area contributed by atoms with Crippen molar-refractivity contribution in [3.05, 3.63) is 0 Å². The molecule has 0 spiro atoms. The van der Waals surface area contributed by atoms with E-state index in [0.717, 1.165) is 6.42 Å². The molecule has 7 heteroatoms. The van der Waals surface area contributed by atoms with Gasteiger partial charge in [0.15, 0.2) is 0 Å². The van der Waals surface area contributed by atoms with Crippen molar-refractivity contribution in [1.29, 1.82) is 0 Å². The van der Waals surface area contributed by atoms with Gasteiger partial charge in [-0.3, -0.25) is 10.1 Å². The highest BCUT2D eigenvalue weighted by Gasteiger charge is 2.60. The van der Waals surface area contributed by atoms with E-state index in [1.165, 1.54) is 0 Å². The molecule has 1 aliphatic heterocycles. The first-order valence-electron chi connectivity index (χ1n) is 8.66. The summed E-state index contributed by atoms with van der Waals surface area (Å²) in [5, 5.41) is 3.41. The SMILES string of the molecule is CCO[Si](OCC)(OCC)C(CC)N1C(=O)C(C)(C)NC1(C)C. The van der Waals surface area contributed by atoms with E-state index in [-0.39, 0.29) is 11.6 Å². The van der Waals surface area contributed by atoms with Crippen LogP contribution in [0.4, 0.5) is 0 Å². The zero-order valence-electron chi connectivity index (χ0n) is 16.0. The van der Waals surface area contributed by atoms with Gasteiger partial charge in [0.05, 0.1) is 11.2 Å². The molecular weight excluding hydrogens is 312 g/mol. The lowest BCUT2D eigenvalue weighted by Gasteiger charge is -2.44. The summed E-state index contributed by atoms with van der Waals surface area (Å²) in [6.45, 7) is 17.2. The largest absolute Gasteiger partial charge is 0.524 e. The third-order valence-electron chi connectivity index (χ3n) is 4.12. The fourth-order valence-corrected chi connectivity index (χ4v) is 6.86. The van der Waals surface area contributed by atoms with Crippen molar-refractivity contribution in [3.63, 3.8) is 0 Å². The monoisotopic (exact) mass is 346 g/mol. The molecule has 0 aromatic heterocycles. The summed E-state index contributed by atoms with van der Waals surface area (Å²) in [5.41, 5.74) is -1.30.